The second-order valence-corrected chi connectivity index (χ2v) is 5.47. The Morgan fingerprint density at radius 2 is 1.94 bits per heavy atom. The molecule has 0 amide bonds. The molecule has 1 rings (SSSR count). The predicted octanol–water partition coefficient (Wildman–Crippen LogP) is 2.63. The molecule has 0 aromatic rings. The van der Waals surface area contributed by atoms with Gasteiger partial charge in [0.25, 0.3) is 0 Å². The van der Waals surface area contributed by atoms with Crippen LogP contribution < -0.4 is 0 Å². The first-order valence-corrected chi connectivity index (χ1v) is 6.51. The number of hydrogen-bond acceptors (Lipinski definition) is 3. The van der Waals surface area contributed by atoms with E-state index < -0.39 is 11.9 Å². The highest BCUT2D eigenvalue weighted by molar-refractivity contribution is 5.90. The van der Waals surface area contributed by atoms with Crippen molar-refractivity contribution in [2.24, 2.45) is 17.8 Å². The van der Waals surface area contributed by atoms with Gasteiger partial charge in [-0.1, -0.05) is 27.2 Å². The number of hydrogen-bond donors (Lipinski definition) is 1. The first-order valence-electron chi connectivity index (χ1n) is 6.51. The van der Waals surface area contributed by atoms with Crippen LogP contribution in [0.3, 0.4) is 0 Å². The number of carbonyl (C=O) groups is 2. The number of aliphatic carboxylic acids is 1. The molecule has 0 radical (unpaired) electrons. The van der Waals surface area contributed by atoms with E-state index in [1.807, 2.05) is 0 Å². The molecule has 1 fully saturated rings. The van der Waals surface area contributed by atoms with Crippen LogP contribution in [0.5, 0.6) is 0 Å². The van der Waals surface area contributed by atoms with E-state index in [1.54, 1.807) is 0 Å². The van der Waals surface area contributed by atoms with Crippen molar-refractivity contribution < 1.29 is 19.4 Å². The Morgan fingerprint density at radius 3 is 2.50 bits per heavy atom. The molecule has 18 heavy (non-hydrogen) atoms. The molecule has 102 valence electrons. The van der Waals surface area contributed by atoms with Crippen LogP contribution in [0.2, 0.25) is 0 Å². The Balaban J connectivity index is 2.60. The molecule has 4 heteroatoms. The van der Waals surface area contributed by atoms with E-state index in [2.05, 4.69) is 20.8 Å². The zero-order chi connectivity index (χ0) is 13.7. The van der Waals surface area contributed by atoms with Crippen LogP contribution in [-0.4, -0.2) is 23.1 Å². The van der Waals surface area contributed by atoms with Gasteiger partial charge in [-0.15, -0.1) is 0 Å². The lowest BCUT2D eigenvalue weighted by Gasteiger charge is -2.36. The fourth-order valence-corrected chi connectivity index (χ4v) is 2.58. The highest BCUT2D eigenvalue weighted by atomic mass is 16.5. The van der Waals surface area contributed by atoms with Crippen LogP contribution in [0, 0.1) is 17.8 Å². The third-order valence-electron chi connectivity index (χ3n) is 3.59. The van der Waals surface area contributed by atoms with Crippen molar-refractivity contribution >= 4 is 11.9 Å². The molecular weight excluding hydrogens is 232 g/mol. The SMILES string of the molecule is CC1CCC(C(C)C)C(OC(=O)/C=C/C(=O)O)C1. The third kappa shape index (κ3) is 4.51. The van der Waals surface area contributed by atoms with Gasteiger partial charge in [-0.3, -0.25) is 0 Å². The van der Waals surface area contributed by atoms with Gasteiger partial charge in [0.2, 0.25) is 0 Å². The van der Waals surface area contributed by atoms with Crippen molar-refractivity contribution in [1.82, 2.24) is 0 Å². The summed E-state index contributed by atoms with van der Waals surface area (Å²) in [6.45, 7) is 6.42. The number of ether oxygens (including phenoxy) is 1. The highest BCUT2D eigenvalue weighted by Gasteiger charge is 2.32. The molecule has 1 aliphatic rings. The quantitative estimate of drug-likeness (QED) is 0.618. The van der Waals surface area contributed by atoms with Crippen LogP contribution in [0.4, 0.5) is 0 Å². The maximum absolute atomic E-state index is 11.5. The molecule has 0 bridgehead atoms. The summed E-state index contributed by atoms with van der Waals surface area (Å²) in [6, 6.07) is 0. The molecule has 1 saturated carbocycles. The van der Waals surface area contributed by atoms with E-state index in [9.17, 15) is 9.59 Å². The molecule has 0 saturated heterocycles. The molecular formula is C14H22O4. The van der Waals surface area contributed by atoms with Gasteiger partial charge in [-0.05, 0) is 30.6 Å². The second kappa shape index (κ2) is 6.57. The second-order valence-electron chi connectivity index (χ2n) is 5.47. The first kappa shape index (κ1) is 14.7. The standard InChI is InChI=1S/C14H22O4/c1-9(2)11-5-4-10(3)8-12(11)18-14(17)7-6-13(15)16/h6-7,9-12H,4-5,8H2,1-3H3,(H,15,16)/b7-6+. The fourth-order valence-electron chi connectivity index (χ4n) is 2.58. The zero-order valence-corrected chi connectivity index (χ0v) is 11.3. The van der Waals surface area contributed by atoms with E-state index >= 15 is 0 Å². The maximum Gasteiger partial charge on any atom is 0.331 e. The lowest BCUT2D eigenvalue weighted by Crippen LogP contribution is -2.35. The van der Waals surface area contributed by atoms with Crippen molar-refractivity contribution in [1.29, 1.82) is 0 Å². The zero-order valence-electron chi connectivity index (χ0n) is 11.3. The molecule has 0 aromatic carbocycles. The summed E-state index contributed by atoms with van der Waals surface area (Å²) in [5, 5.41) is 8.46. The van der Waals surface area contributed by atoms with Gasteiger partial charge in [0.05, 0.1) is 0 Å². The monoisotopic (exact) mass is 254 g/mol. The smallest absolute Gasteiger partial charge is 0.331 e. The van der Waals surface area contributed by atoms with Gasteiger partial charge in [0.1, 0.15) is 6.10 Å². The third-order valence-corrected chi connectivity index (χ3v) is 3.59. The van der Waals surface area contributed by atoms with Crippen LogP contribution >= 0.6 is 0 Å². The minimum absolute atomic E-state index is 0.0836. The molecule has 0 aliphatic heterocycles. The molecule has 3 unspecified atom stereocenters. The highest BCUT2D eigenvalue weighted by Crippen LogP contribution is 2.35. The van der Waals surface area contributed by atoms with E-state index in [1.165, 1.54) is 6.42 Å². The summed E-state index contributed by atoms with van der Waals surface area (Å²) in [5.41, 5.74) is 0. The molecule has 3 atom stereocenters. The topological polar surface area (TPSA) is 63.6 Å². The molecule has 0 heterocycles. The Hall–Kier alpha value is -1.32. The minimum atomic E-state index is -1.13. The van der Waals surface area contributed by atoms with Gasteiger partial charge in [0.15, 0.2) is 0 Å². The van der Waals surface area contributed by atoms with Crippen LogP contribution in [-0.2, 0) is 14.3 Å². The summed E-state index contributed by atoms with van der Waals surface area (Å²) < 4.78 is 5.40. The van der Waals surface area contributed by atoms with Crippen molar-refractivity contribution in [3.8, 4) is 0 Å². The summed E-state index contributed by atoms with van der Waals surface area (Å²) in [4.78, 5) is 21.8. The number of carbonyl (C=O) groups excluding carboxylic acids is 1. The van der Waals surface area contributed by atoms with Crippen molar-refractivity contribution in [3.63, 3.8) is 0 Å². The predicted molar refractivity (Wildman–Crippen MR) is 68.0 cm³/mol. The number of rotatable bonds is 4. The Kier molecular flexibility index (Phi) is 5.38. The Morgan fingerprint density at radius 1 is 1.28 bits per heavy atom. The Labute approximate surface area is 108 Å². The van der Waals surface area contributed by atoms with Crippen molar-refractivity contribution in [2.45, 2.75) is 46.1 Å². The summed E-state index contributed by atoms with van der Waals surface area (Å²) in [6.07, 6.45) is 4.83. The largest absolute Gasteiger partial charge is 0.478 e. The minimum Gasteiger partial charge on any atom is -0.478 e. The van der Waals surface area contributed by atoms with Crippen LogP contribution in [0.15, 0.2) is 12.2 Å². The fraction of sp³-hybridized carbons (Fsp3) is 0.714. The van der Waals surface area contributed by atoms with Crippen molar-refractivity contribution in [2.75, 3.05) is 0 Å². The number of carboxylic acid groups (broad SMARTS) is 1. The first-order chi connectivity index (χ1) is 8.40. The average molecular weight is 254 g/mol. The lowest BCUT2D eigenvalue weighted by molar-refractivity contribution is -0.150. The molecule has 1 N–H and O–H groups in total. The average Bonchev–Trinajstić information content (AvgIpc) is 2.26. The Bertz CT molecular complexity index is 333. The maximum atomic E-state index is 11.5. The van der Waals surface area contributed by atoms with E-state index in [-0.39, 0.29) is 6.10 Å². The summed E-state index contributed by atoms with van der Waals surface area (Å²) in [5.74, 6) is -0.282. The van der Waals surface area contributed by atoms with Gasteiger partial charge in [-0.2, -0.15) is 0 Å². The van der Waals surface area contributed by atoms with E-state index in [4.69, 9.17) is 9.84 Å². The normalized spacial score (nSPS) is 28.6. The van der Waals surface area contributed by atoms with E-state index in [0.717, 1.165) is 25.0 Å². The van der Waals surface area contributed by atoms with Crippen LogP contribution in [0.1, 0.15) is 40.0 Å². The van der Waals surface area contributed by atoms with Gasteiger partial charge in [-0.25, -0.2) is 9.59 Å². The number of carboxylic acids is 1. The van der Waals surface area contributed by atoms with Gasteiger partial charge >= 0.3 is 11.9 Å². The van der Waals surface area contributed by atoms with E-state index in [0.29, 0.717) is 17.8 Å². The summed E-state index contributed by atoms with van der Waals surface area (Å²) >= 11 is 0. The molecule has 4 nitrogen and oxygen atoms in total. The van der Waals surface area contributed by atoms with Crippen molar-refractivity contribution in [3.05, 3.63) is 12.2 Å². The van der Waals surface area contributed by atoms with Gasteiger partial charge in [0, 0.05) is 12.2 Å². The lowest BCUT2D eigenvalue weighted by atomic mass is 9.75. The molecule has 0 aromatic heterocycles. The number of esters is 1. The van der Waals surface area contributed by atoms with Crippen LogP contribution in [0.25, 0.3) is 0 Å². The van der Waals surface area contributed by atoms with Gasteiger partial charge < -0.3 is 9.84 Å². The molecule has 1 aliphatic carbocycles. The summed E-state index contributed by atoms with van der Waals surface area (Å²) in [7, 11) is 0. The molecule has 0 spiro atoms.